The van der Waals surface area contributed by atoms with Crippen LogP contribution in [0.3, 0.4) is 0 Å². The summed E-state index contributed by atoms with van der Waals surface area (Å²) in [6.07, 6.45) is 3.02. The van der Waals surface area contributed by atoms with Crippen molar-refractivity contribution in [3.05, 3.63) is 36.0 Å². The monoisotopic (exact) mass is 261 g/mol. The van der Waals surface area contributed by atoms with E-state index in [4.69, 9.17) is 15.7 Å². The Balaban J connectivity index is 2.23. The van der Waals surface area contributed by atoms with E-state index in [2.05, 4.69) is 16.6 Å². The second-order valence-electron chi connectivity index (χ2n) is 4.35. The van der Waals surface area contributed by atoms with Crippen molar-refractivity contribution in [2.45, 2.75) is 19.9 Å². The number of amidine groups is 1. The molecule has 102 valence electrons. The van der Waals surface area contributed by atoms with Crippen molar-refractivity contribution in [2.75, 3.05) is 13.2 Å². The molecule has 0 aliphatic heterocycles. The standard InChI is InChI=1S/C14H19N3O2/c1-2-9-19-10-8-17-7-6-11-12(14(15)16-18)4-3-5-13(11)17/h3-7,18H,2,8-10H2,1H3,(H2,15,16). The minimum absolute atomic E-state index is 0.130. The molecule has 0 spiro atoms. The predicted molar refractivity (Wildman–Crippen MR) is 75.6 cm³/mol. The zero-order valence-electron chi connectivity index (χ0n) is 11.0. The summed E-state index contributed by atoms with van der Waals surface area (Å²) in [5, 5.41) is 12.8. The fourth-order valence-electron chi connectivity index (χ4n) is 2.10. The van der Waals surface area contributed by atoms with Gasteiger partial charge < -0.3 is 20.2 Å². The molecule has 0 radical (unpaired) electrons. The van der Waals surface area contributed by atoms with Gasteiger partial charge >= 0.3 is 0 Å². The Morgan fingerprint density at radius 3 is 2.95 bits per heavy atom. The first-order valence-electron chi connectivity index (χ1n) is 6.41. The second kappa shape index (κ2) is 6.24. The van der Waals surface area contributed by atoms with Crippen LogP contribution >= 0.6 is 0 Å². The van der Waals surface area contributed by atoms with Crippen molar-refractivity contribution in [2.24, 2.45) is 10.9 Å². The van der Waals surface area contributed by atoms with E-state index in [9.17, 15) is 0 Å². The normalized spacial score (nSPS) is 12.2. The number of ether oxygens (including phenoxy) is 1. The molecule has 0 aliphatic carbocycles. The summed E-state index contributed by atoms with van der Waals surface area (Å²) < 4.78 is 7.60. The Morgan fingerprint density at radius 2 is 2.21 bits per heavy atom. The fourth-order valence-corrected chi connectivity index (χ4v) is 2.10. The van der Waals surface area contributed by atoms with Gasteiger partial charge in [-0.25, -0.2) is 0 Å². The van der Waals surface area contributed by atoms with E-state index in [-0.39, 0.29) is 5.84 Å². The van der Waals surface area contributed by atoms with Crippen LogP contribution in [0.15, 0.2) is 35.6 Å². The lowest BCUT2D eigenvalue weighted by Crippen LogP contribution is -2.13. The van der Waals surface area contributed by atoms with Crippen LogP contribution in [-0.4, -0.2) is 28.8 Å². The molecule has 0 saturated carbocycles. The summed E-state index contributed by atoms with van der Waals surface area (Å²) >= 11 is 0. The van der Waals surface area contributed by atoms with Gasteiger partial charge in [-0.3, -0.25) is 0 Å². The summed E-state index contributed by atoms with van der Waals surface area (Å²) in [6, 6.07) is 7.74. The SMILES string of the molecule is CCCOCCn1ccc2c(/C(N)=N/O)cccc21. The van der Waals surface area contributed by atoms with Gasteiger partial charge in [0, 0.05) is 35.8 Å². The van der Waals surface area contributed by atoms with Gasteiger partial charge in [0.25, 0.3) is 0 Å². The first-order chi connectivity index (χ1) is 9.27. The average molecular weight is 261 g/mol. The minimum Gasteiger partial charge on any atom is -0.409 e. The van der Waals surface area contributed by atoms with Gasteiger partial charge in [0.2, 0.25) is 0 Å². The summed E-state index contributed by atoms with van der Waals surface area (Å²) in [7, 11) is 0. The Hall–Kier alpha value is -2.01. The highest BCUT2D eigenvalue weighted by Crippen LogP contribution is 2.20. The van der Waals surface area contributed by atoms with E-state index in [1.807, 2.05) is 30.5 Å². The Morgan fingerprint density at radius 1 is 1.37 bits per heavy atom. The van der Waals surface area contributed by atoms with Crippen molar-refractivity contribution < 1.29 is 9.94 Å². The molecule has 0 bridgehead atoms. The highest BCUT2D eigenvalue weighted by atomic mass is 16.5. The van der Waals surface area contributed by atoms with Crippen molar-refractivity contribution in [1.29, 1.82) is 0 Å². The zero-order valence-corrected chi connectivity index (χ0v) is 11.0. The van der Waals surface area contributed by atoms with Gasteiger partial charge in [-0.1, -0.05) is 24.2 Å². The maximum atomic E-state index is 8.79. The van der Waals surface area contributed by atoms with Crippen LogP contribution in [0.4, 0.5) is 0 Å². The summed E-state index contributed by atoms with van der Waals surface area (Å²) in [6.45, 7) is 4.36. The third kappa shape index (κ3) is 2.88. The predicted octanol–water partition coefficient (Wildman–Crippen LogP) is 2.16. The van der Waals surface area contributed by atoms with E-state index in [1.54, 1.807) is 0 Å². The molecule has 1 aromatic heterocycles. The summed E-state index contributed by atoms with van der Waals surface area (Å²) in [5.41, 5.74) is 7.48. The fraction of sp³-hybridized carbons (Fsp3) is 0.357. The number of aromatic nitrogens is 1. The average Bonchev–Trinajstić information content (AvgIpc) is 2.86. The molecule has 0 amide bonds. The molecule has 3 N–H and O–H groups in total. The lowest BCUT2D eigenvalue weighted by molar-refractivity contribution is 0.127. The number of fused-ring (bicyclic) bond motifs is 1. The molecule has 1 heterocycles. The quantitative estimate of drug-likeness (QED) is 0.275. The van der Waals surface area contributed by atoms with Gasteiger partial charge in [-0.05, 0) is 18.6 Å². The molecule has 0 atom stereocenters. The number of hydrogen-bond acceptors (Lipinski definition) is 3. The molecule has 5 heteroatoms. The van der Waals surface area contributed by atoms with E-state index < -0.39 is 0 Å². The topological polar surface area (TPSA) is 72.8 Å². The van der Waals surface area contributed by atoms with Crippen molar-refractivity contribution >= 4 is 16.7 Å². The maximum Gasteiger partial charge on any atom is 0.170 e. The van der Waals surface area contributed by atoms with Crippen LogP contribution in [0.5, 0.6) is 0 Å². The molecule has 1 aromatic carbocycles. The lowest BCUT2D eigenvalue weighted by Gasteiger charge is -2.07. The third-order valence-electron chi connectivity index (χ3n) is 3.02. The van der Waals surface area contributed by atoms with Crippen LogP contribution in [0.25, 0.3) is 10.9 Å². The molecule has 5 nitrogen and oxygen atoms in total. The summed E-state index contributed by atoms with van der Waals surface area (Å²) in [5.74, 6) is 0.130. The first-order valence-corrected chi connectivity index (χ1v) is 6.41. The number of nitrogens with zero attached hydrogens (tertiary/aromatic N) is 2. The maximum absolute atomic E-state index is 8.79. The van der Waals surface area contributed by atoms with Gasteiger partial charge in [0.05, 0.1) is 6.61 Å². The Labute approximate surface area is 112 Å². The van der Waals surface area contributed by atoms with Crippen LogP contribution in [0.2, 0.25) is 0 Å². The van der Waals surface area contributed by atoms with Gasteiger partial charge in [0.15, 0.2) is 5.84 Å². The van der Waals surface area contributed by atoms with E-state index in [0.29, 0.717) is 6.61 Å². The van der Waals surface area contributed by atoms with E-state index in [1.165, 1.54) is 0 Å². The van der Waals surface area contributed by atoms with Crippen molar-refractivity contribution in [1.82, 2.24) is 4.57 Å². The van der Waals surface area contributed by atoms with Gasteiger partial charge in [0.1, 0.15) is 0 Å². The minimum atomic E-state index is 0.130. The van der Waals surface area contributed by atoms with Crippen molar-refractivity contribution in [3.63, 3.8) is 0 Å². The van der Waals surface area contributed by atoms with Crippen LogP contribution < -0.4 is 5.73 Å². The van der Waals surface area contributed by atoms with Crippen molar-refractivity contribution in [3.8, 4) is 0 Å². The molecular weight excluding hydrogens is 242 g/mol. The molecule has 19 heavy (non-hydrogen) atoms. The lowest BCUT2D eigenvalue weighted by atomic mass is 10.1. The largest absolute Gasteiger partial charge is 0.409 e. The Bertz CT molecular complexity index is 575. The zero-order chi connectivity index (χ0) is 13.7. The summed E-state index contributed by atoms with van der Waals surface area (Å²) in [4.78, 5) is 0. The third-order valence-corrected chi connectivity index (χ3v) is 3.02. The molecule has 0 fully saturated rings. The molecule has 0 unspecified atom stereocenters. The number of oxime groups is 1. The molecule has 0 aliphatic rings. The highest BCUT2D eigenvalue weighted by Gasteiger charge is 2.08. The molecular formula is C14H19N3O2. The molecule has 0 saturated heterocycles. The number of benzene rings is 1. The Kier molecular flexibility index (Phi) is 4.41. The van der Waals surface area contributed by atoms with Gasteiger partial charge in [-0.15, -0.1) is 0 Å². The number of hydrogen-bond donors (Lipinski definition) is 2. The van der Waals surface area contributed by atoms with Crippen LogP contribution in [0.1, 0.15) is 18.9 Å². The smallest absolute Gasteiger partial charge is 0.170 e. The van der Waals surface area contributed by atoms with Crippen LogP contribution in [-0.2, 0) is 11.3 Å². The van der Waals surface area contributed by atoms with E-state index >= 15 is 0 Å². The van der Waals surface area contributed by atoms with E-state index in [0.717, 1.165) is 36.0 Å². The number of rotatable bonds is 6. The number of nitrogens with two attached hydrogens (primary N) is 1. The second-order valence-corrected chi connectivity index (χ2v) is 4.35. The molecule has 2 rings (SSSR count). The first kappa shape index (κ1) is 13.4. The van der Waals surface area contributed by atoms with Gasteiger partial charge in [-0.2, -0.15) is 0 Å². The molecule has 2 aromatic rings. The highest BCUT2D eigenvalue weighted by molar-refractivity contribution is 6.08. The van der Waals surface area contributed by atoms with Crippen LogP contribution in [0, 0.1) is 0 Å².